The number of hydrogen-bond donors (Lipinski definition) is 0. The van der Waals surface area contributed by atoms with Crippen LogP contribution in [-0.4, -0.2) is 7.11 Å². The molecule has 0 unspecified atom stereocenters. The maximum atomic E-state index is 5.06. The number of hydrogen-bond acceptors (Lipinski definition) is 1. The highest BCUT2D eigenvalue weighted by Gasteiger charge is 1.87. The molecule has 0 heterocycles. The summed E-state index contributed by atoms with van der Waals surface area (Å²) in [5, 5.41) is 0. The molecule has 0 saturated heterocycles. The van der Waals surface area contributed by atoms with Gasteiger partial charge in [0.25, 0.3) is 0 Å². The Bertz CT molecular complexity index is 271. The second-order valence-electron chi connectivity index (χ2n) is 4.35. The zero-order valence-electron chi connectivity index (χ0n) is 12.0. The topological polar surface area (TPSA) is 9.23 Å². The van der Waals surface area contributed by atoms with Crippen LogP contribution in [0.2, 0.25) is 0 Å². The lowest BCUT2D eigenvalue weighted by atomic mass is 10.1. The molecule has 0 fully saturated rings. The lowest BCUT2D eigenvalue weighted by molar-refractivity contribution is 0.307. The standard InChI is InChI=1S/C17H28O/c1-4-6-7-8-9-10-11-12-13-14-15-16-17(5-2)18-3/h5,12-16H,2,4,6-11H2,1,3H3. The molecule has 0 saturated carbocycles. The first-order valence-corrected chi connectivity index (χ1v) is 7.05. The van der Waals surface area contributed by atoms with Crippen molar-refractivity contribution in [3.63, 3.8) is 0 Å². The lowest BCUT2D eigenvalue weighted by Crippen LogP contribution is -1.78. The summed E-state index contributed by atoms with van der Waals surface area (Å²) in [5.74, 6) is 0.788. The second-order valence-corrected chi connectivity index (χ2v) is 4.35. The number of rotatable bonds is 11. The minimum absolute atomic E-state index is 0.788. The maximum Gasteiger partial charge on any atom is 0.118 e. The summed E-state index contributed by atoms with van der Waals surface area (Å²) in [6, 6.07) is 0. The molecule has 1 nitrogen and oxygen atoms in total. The van der Waals surface area contributed by atoms with E-state index < -0.39 is 0 Å². The van der Waals surface area contributed by atoms with Gasteiger partial charge >= 0.3 is 0 Å². The highest BCUT2D eigenvalue weighted by Crippen LogP contribution is 2.07. The third kappa shape index (κ3) is 11.3. The predicted molar refractivity (Wildman–Crippen MR) is 81.6 cm³/mol. The van der Waals surface area contributed by atoms with E-state index in [-0.39, 0.29) is 0 Å². The molecule has 0 aromatic rings. The SMILES string of the molecule is C=CC(=CC=CC=CCCCCCCCC)OC. The molecule has 0 aliphatic carbocycles. The highest BCUT2D eigenvalue weighted by atomic mass is 16.5. The molecule has 0 aromatic heterocycles. The molecule has 1 heteroatoms. The van der Waals surface area contributed by atoms with E-state index in [1.165, 1.54) is 44.9 Å². The number of methoxy groups -OCH3 is 1. The van der Waals surface area contributed by atoms with Gasteiger partial charge in [-0.25, -0.2) is 0 Å². The minimum Gasteiger partial charge on any atom is -0.497 e. The van der Waals surface area contributed by atoms with Gasteiger partial charge in [0.1, 0.15) is 5.76 Å². The molecule has 0 aliphatic rings. The van der Waals surface area contributed by atoms with Crippen LogP contribution in [0.15, 0.2) is 48.8 Å². The van der Waals surface area contributed by atoms with Gasteiger partial charge in [-0.1, -0.05) is 69.9 Å². The van der Waals surface area contributed by atoms with E-state index in [4.69, 9.17) is 4.74 Å². The van der Waals surface area contributed by atoms with Crippen molar-refractivity contribution in [1.29, 1.82) is 0 Å². The number of ether oxygens (including phenoxy) is 1. The van der Waals surface area contributed by atoms with E-state index in [9.17, 15) is 0 Å². The van der Waals surface area contributed by atoms with Crippen LogP contribution in [-0.2, 0) is 4.74 Å². The Morgan fingerprint density at radius 1 is 1.00 bits per heavy atom. The molecule has 0 radical (unpaired) electrons. The summed E-state index contributed by atoms with van der Waals surface area (Å²) in [6.07, 6.45) is 21.3. The monoisotopic (exact) mass is 248 g/mol. The maximum absolute atomic E-state index is 5.06. The smallest absolute Gasteiger partial charge is 0.118 e. The van der Waals surface area contributed by atoms with E-state index in [2.05, 4.69) is 25.7 Å². The van der Waals surface area contributed by atoms with Crippen LogP contribution in [0.4, 0.5) is 0 Å². The third-order valence-electron chi connectivity index (χ3n) is 2.78. The van der Waals surface area contributed by atoms with Gasteiger partial charge < -0.3 is 4.74 Å². The first kappa shape index (κ1) is 16.8. The Balaban J connectivity index is 3.51. The third-order valence-corrected chi connectivity index (χ3v) is 2.78. The summed E-state index contributed by atoms with van der Waals surface area (Å²) >= 11 is 0. The highest BCUT2D eigenvalue weighted by molar-refractivity contribution is 5.19. The van der Waals surface area contributed by atoms with Gasteiger partial charge in [-0.3, -0.25) is 0 Å². The average Bonchev–Trinajstić information content (AvgIpc) is 2.40. The molecule has 0 rings (SSSR count). The first-order valence-electron chi connectivity index (χ1n) is 7.05. The predicted octanol–water partition coefficient (Wildman–Crippen LogP) is 5.57. The minimum atomic E-state index is 0.788. The van der Waals surface area contributed by atoms with E-state index in [0.717, 1.165) is 5.76 Å². The van der Waals surface area contributed by atoms with Crippen LogP contribution < -0.4 is 0 Å². The molecular weight excluding hydrogens is 220 g/mol. The van der Waals surface area contributed by atoms with Crippen LogP contribution >= 0.6 is 0 Å². The molecule has 0 amide bonds. The van der Waals surface area contributed by atoms with Gasteiger partial charge in [0, 0.05) is 0 Å². The van der Waals surface area contributed by atoms with E-state index in [0.29, 0.717) is 0 Å². The van der Waals surface area contributed by atoms with Gasteiger partial charge in [0.2, 0.25) is 0 Å². The van der Waals surface area contributed by atoms with Crippen molar-refractivity contribution in [2.75, 3.05) is 7.11 Å². The fourth-order valence-corrected chi connectivity index (χ4v) is 1.65. The molecule has 18 heavy (non-hydrogen) atoms. The van der Waals surface area contributed by atoms with Gasteiger partial charge in [0.05, 0.1) is 7.11 Å². The van der Waals surface area contributed by atoms with E-state index >= 15 is 0 Å². The van der Waals surface area contributed by atoms with Gasteiger partial charge in [0.15, 0.2) is 0 Å². The Hall–Kier alpha value is -1.24. The molecule has 0 aromatic carbocycles. The van der Waals surface area contributed by atoms with Crippen molar-refractivity contribution in [2.45, 2.75) is 51.9 Å². The van der Waals surface area contributed by atoms with Crippen molar-refractivity contribution in [1.82, 2.24) is 0 Å². The summed E-state index contributed by atoms with van der Waals surface area (Å²) in [5.41, 5.74) is 0. The van der Waals surface area contributed by atoms with Crippen LogP contribution in [0.1, 0.15) is 51.9 Å². The Morgan fingerprint density at radius 2 is 1.72 bits per heavy atom. The molecule has 102 valence electrons. The summed E-state index contributed by atoms with van der Waals surface area (Å²) in [6.45, 7) is 5.91. The average molecular weight is 248 g/mol. The van der Waals surface area contributed by atoms with Crippen molar-refractivity contribution >= 4 is 0 Å². The zero-order valence-corrected chi connectivity index (χ0v) is 12.0. The molecule has 0 aliphatic heterocycles. The van der Waals surface area contributed by atoms with Crippen molar-refractivity contribution in [3.8, 4) is 0 Å². The molecular formula is C17H28O. The van der Waals surface area contributed by atoms with Gasteiger partial charge in [-0.15, -0.1) is 0 Å². The lowest BCUT2D eigenvalue weighted by Gasteiger charge is -1.97. The molecule has 0 atom stereocenters. The van der Waals surface area contributed by atoms with Crippen molar-refractivity contribution in [2.24, 2.45) is 0 Å². The number of unbranched alkanes of at least 4 members (excludes halogenated alkanes) is 6. The van der Waals surface area contributed by atoms with Gasteiger partial charge in [-0.05, 0) is 25.0 Å². The Morgan fingerprint density at radius 3 is 2.39 bits per heavy atom. The fraction of sp³-hybridized carbons (Fsp3) is 0.529. The fourth-order valence-electron chi connectivity index (χ4n) is 1.65. The molecule has 0 spiro atoms. The van der Waals surface area contributed by atoms with Crippen LogP contribution in [0.5, 0.6) is 0 Å². The molecule has 0 bridgehead atoms. The van der Waals surface area contributed by atoms with Crippen molar-refractivity contribution < 1.29 is 4.74 Å². The van der Waals surface area contributed by atoms with Crippen LogP contribution in [0, 0.1) is 0 Å². The number of allylic oxidation sites excluding steroid dienone is 6. The van der Waals surface area contributed by atoms with Crippen LogP contribution in [0.25, 0.3) is 0 Å². The Kier molecular flexibility index (Phi) is 12.9. The van der Waals surface area contributed by atoms with Crippen molar-refractivity contribution in [3.05, 3.63) is 48.8 Å². The molecule has 0 N–H and O–H groups in total. The largest absolute Gasteiger partial charge is 0.497 e. The van der Waals surface area contributed by atoms with E-state index in [1.54, 1.807) is 13.2 Å². The normalized spacial score (nSPS) is 12.4. The summed E-state index contributed by atoms with van der Waals surface area (Å²) < 4.78 is 5.06. The Labute approximate surface area is 113 Å². The van der Waals surface area contributed by atoms with Crippen LogP contribution in [0.3, 0.4) is 0 Å². The van der Waals surface area contributed by atoms with Gasteiger partial charge in [-0.2, -0.15) is 0 Å². The summed E-state index contributed by atoms with van der Waals surface area (Å²) in [4.78, 5) is 0. The second kappa shape index (κ2) is 13.8. The van der Waals surface area contributed by atoms with E-state index in [1.807, 2.05) is 18.2 Å². The quantitative estimate of drug-likeness (QED) is 0.264. The zero-order chi connectivity index (χ0) is 13.5. The first-order chi connectivity index (χ1) is 8.85. The summed E-state index contributed by atoms with van der Waals surface area (Å²) in [7, 11) is 1.65.